The summed E-state index contributed by atoms with van der Waals surface area (Å²) >= 11 is 0. The van der Waals surface area contributed by atoms with Crippen LogP contribution in [0.15, 0.2) is 18.5 Å². The van der Waals surface area contributed by atoms with E-state index < -0.39 is 12.1 Å². The monoisotopic (exact) mass is 551 g/mol. The SMILES string of the molecule is COc1nc2nc(C)nn2cc1NC(=O)N1CCc2c(N3C[C@@H](C)N[C@@H](C)C3)ccnc21.O=C(O)C(F)(F)F. The molecule has 2 atom stereocenters. The van der Waals surface area contributed by atoms with Gasteiger partial charge in [0.05, 0.1) is 13.3 Å². The number of hydrogen-bond acceptors (Lipinski definition) is 9. The Morgan fingerprint density at radius 1 is 1.21 bits per heavy atom. The van der Waals surface area contributed by atoms with Crippen molar-refractivity contribution in [3.05, 3.63) is 29.8 Å². The number of fused-ring (bicyclic) bond motifs is 2. The van der Waals surface area contributed by atoms with Gasteiger partial charge in [0, 0.05) is 49.2 Å². The molecule has 0 bridgehead atoms. The van der Waals surface area contributed by atoms with Gasteiger partial charge in [0.2, 0.25) is 5.88 Å². The fraction of sp³-hybridized carbons (Fsp3) is 0.478. The van der Waals surface area contributed by atoms with E-state index in [1.807, 2.05) is 0 Å². The van der Waals surface area contributed by atoms with Gasteiger partial charge in [-0.1, -0.05) is 0 Å². The van der Waals surface area contributed by atoms with Crippen molar-refractivity contribution >= 4 is 35.0 Å². The predicted molar refractivity (Wildman–Crippen MR) is 134 cm³/mol. The van der Waals surface area contributed by atoms with Crippen molar-refractivity contribution in [1.29, 1.82) is 0 Å². The zero-order valence-corrected chi connectivity index (χ0v) is 21.7. The third-order valence-corrected chi connectivity index (χ3v) is 6.07. The maximum Gasteiger partial charge on any atom is 0.490 e. The van der Waals surface area contributed by atoms with Gasteiger partial charge < -0.3 is 25.4 Å². The number of pyridine rings is 1. The average Bonchev–Trinajstić information content (AvgIpc) is 3.44. The normalized spacial score (nSPS) is 18.8. The van der Waals surface area contributed by atoms with Crippen LogP contribution in [-0.2, 0) is 11.2 Å². The standard InChI is InChI=1S/C21H27N9O2.C2HF3O2/c1-12-9-28(10-13(2)23-12)17-5-7-22-18-15(17)6-8-29(18)21(31)25-16-11-30-20(24-14(3)27-30)26-19(16)32-4;3-2(4,5)1(6)7/h5,7,11-13,23H,6,8-10H2,1-4H3,(H,25,31);(H,6,7)/t12-,13+;. The number of anilines is 3. The van der Waals surface area contributed by atoms with Crippen LogP contribution in [0.4, 0.5) is 35.2 Å². The molecule has 2 aliphatic rings. The van der Waals surface area contributed by atoms with E-state index in [2.05, 4.69) is 55.5 Å². The Morgan fingerprint density at radius 3 is 2.49 bits per heavy atom. The highest BCUT2D eigenvalue weighted by Gasteiger charge is 2.38. The molecule has 39 heavy (non-hydrogen) atoms. The molecule has 16 heteroatoms. The van der Waals surface area contributed by atoms with Gasteiger partial charge in [-0.15, -0.1) is 0 Å². The minimum atomic E-state index is -5.08. The van der Waals surface area contributed by atoms with Gasteiger partial charge in [-0.25, -0.2) is 19.1 Å². The van der Waals surface area contributed by atoms with Crippen LogP contribution in [0.25, 0.3) is 5.78 Å². The quantitative estimate of drug-likeness (QED) is 0.442. The number of nitrogens with one attached hydrogen (secondary N) is 2. The molecule has 3 N–H and O–H groups in total. The number of halogens is 3. The van der Waals surface area contributed by atoms with Crippen molar-refractivity contribution in [3.63, 3.8) is 0 Å². The molecule has 0 saturated carbocycles. The van der Waals surface area contributed by atoms with E-state index >= 15 is 0 Å². The molecule has 0 unspecified atom stereocenters. The van der Waals surface area contributed by atoms with Gasteiger partial charge in [-0.2, -0.15) is 28.2 Å². The fourth-order valence-corrected chi connectivity index (χ4v) is 4.63. The molecule has 2 aliphatic heterocycles. The number of aliphatic carboxylic acids is 1. The Morgan fingerprint density at radius 2 is 1.87 bits per heavy atom. The van der Waals surface area contributed by atoms with E-state index in [1.165, 1.54) is 11.6 Å². The first kappa shape index (κ1) is 27.8. The highest BCUT2D eigenvalue weighted by atomic mass is 19.4. The number of nitrogens with zero attached hydrogens (tertiary/aromatic N) is 7. The first-order valence-corrected chi connectivity index (χ1v) is 12.0. The average molecular weight is 552 g/mol. The third kappa shape index (κ3) is 6.10. The van der Waals surface area contributed by atoms with Gasteiger partial charge in [-0.05, 0) is 33.3 Å². The van der Waals surface area contributed by atoms with Crippen molar-refractivity contribution < 1.29 is 32.6 Å². The molecule has 5 rings (SSSR count). The number of methoxy groups -OCH3 is 1. The molecule has 0 spiro atoms. The summed E-state index contributed by atoms with van der Waals surface area (Å²) in [5.41, 5.74) is 2.69. The van der Waals surface area contributed by atoms with Gasteiger partial charge in [0.1, 0.15) is 17.3 Å². The highest BCUT2D eigenvalue weighted by Crippen LogP contribution is 2.35. The Hall–Kier alpha value is -4.21. The molecule has 1 saturated heterocycles. The number of carboxylic acids is 1. The Labute approximate surface area is 221 Å². The van der Waals surface area contributed by atoms with Gasteiger partial charge >= 0.3 is 18.2 Å². The number of hydrogen-bond donors (Lipinski definition) is 3. The number of ether oxygens (including phenoxy) is 1. The van der Waals surface area contributed by atoms with Crippen LogP contribution in [-0.4, -0.2) is 86.7 Å². The zero-order valence-electron chi connectivity index (χ0n) is 21.7. The molecule has 13 nitrogen and oxygen atoms in total. The molecule has 0 aromatic carbocycles. The highest BCUT2D eigenvalue weighted by molar-refractivity contribution is 6.03. The lowest BCUT2D eigenvalue weighted by Crippen LogP contribution is -2.54. The number of aromatic nitrogens is 5. The number of carboxylic acid groups (broad SMARTS) is 1. The van der Waals surface area contributed by atoms with Crippen molar-refractivity contribution in [3.8, 4) is 5.88 Å². The second-order valence-electron chi connectivity index (χ2n) is 9.21. The van der Waals surface area contributed by atoms with Crippen LogP contribution in [0.5, 0.6) is 5.88 Å². The Bertz CT molecular complexity index is 1370. The number of urea groups is 1. The van der Waals surface area contributed by atoms with Crippen LogP contribution in [0.1, 0.15) is 25.2 Å². The van der Waals surface area contributed by atoms with Crippen molar-refractivity contribution in [2.45, 2.75) is 45.5 Å². The summed E-state index contributed by atoms with van der Waals surface area (Å²) in [4.78, 5) is 39.3. The summed E-state index contributed by atoms with van der Waals surface area (Å²) in [5.74, 6) is -0.779. The topological polar surface area (TPSA) is 150 Å². The summed E-state index contributed by atoms with van der Waals surface area (Å²) < 4.78 is 38.6. The van der Waals surface area contributed by atoms with Crippen LogP contribution < -0.4 is 25.2 Å². The van der Waals surface area contributed by atoms with E-state index in [0.29, 0.717) is 41.7 Å². The van der Waals surface area contributed by atoms with E-state index in [-0.39, 0.29) is 11.9 Å². The van der Waals surface area contributed by atoms with Crippen molar-refractivity contribution in [2.75, 3.05) is 41.9 Å². The number of carbonyl (C=O) groups excluding carboxylic acids is 1. The summed E-state index contributed by atoms with van der Waals surface area (Å²) in [7, 11) is 1.51. The predicted octanol–water partition coefficient (Wildman–Crippen LogP) is 2.25. The van der Waals surface area contributed by atoms with Crippen molar-refractivity contribution in [2.24, 2.45) is 0 Å². The van der Waals surface area contributed by atoms with Gasteiger partial charge in [0.15, 0.2) is 0 Å². The van der Waals surface area contributed by atoms with E-state index in [9.17, 15) is 18.0 Å². The first-order valence-electron chi connectivity index (χ1n) is 12.0. The van der Waals surface area contributed by atoms with E-state index in [0.717, 1.165) is 30.8 Å². The number of carbonyl (C=O) groups is 2. The third-order valence-electron chi connectivity index (χ3n) is 6.07. The summed E-state index contributed by atoms with van der Waals surface area (Å²) in [6, 6.07) is 2.57. The van der Waals surface area contributed by atoms with Crippen LogP contribution in [0.2, 0.25) is 0 Å². The summed E-state index contributed by atoms with van der Waals surface area (Å²) in [6.07, 6.45) is -0.887. The molecule has 3 aromatic rings. The van der Waals surface area contributed by atoms with E-state index in [1.54, 1.807) is 24.2 Å². The maximum atomic E-state index is 13.2. The minimum absolute atomic E-state index is 0.281. The fourth-order valence-electron chi connectivity index (χ4n) is 4.63. The number of piperazine rings is 1. The molecule has 2 amide bonds. The second kappa shape index (κ2) is 10.9. The lowest BCUT2D eigenvalue weighted by atomic mass is 10.1. The summed E-state index contributed by atoms with van der Waals surface area (Å²) in [6.45, 7) is 8.57. The number of amides is 2. The lowest BCUT2D eigenvalue weighted by molar-refractivity contribution is -0.192. The first-order chi connectivity index (χ1) is 18.4. The summed E-state index contributed by atoms with van der Waals surface area (Å²) in [5, 5.41) is 17.9. The molecule has 3 aromatic heterocycles. The van der Waals surface area contributed by atoms with Crippen molar-refractivity contribution in [1.82, 2.24) is 29.9 Å². The van der Waals surface area contributed by atoms with Gasteiger partial charge in [-0.3, -0.25) is 4.90 Å². The Kier molecular flexibility index (Phi) is 7.76. The molecule has 5 heterocycles. The maximum absolute atomic E-state index is 13.2. The lowest BCUT2D eigenvalue weighted by Gasteiger charge is -2.38. The molecule has 0 radical (unpaired) electrons. The van der Waals surface area contributed by atoms with Crippen LogP contribution >= 0.6 is 0 Å². The molecule has 0 aliphatic carbocycles. The van der Waals surface area contributed by atoms with Crippen LogP contribution in [0.3, 0.4) is 0 Å². The smallest absolute Gasteiger partial charge is 0.479 e. The number of alkyl halides is 3. The Balaban J connectivity index is 0.000000448. The molecular weight excluding hydrogens is 523 g/mol. The zero-order chi connectivity index (χ0) is 28.5. The van der Waals surface area contributed by atoms with E-state index in [4.69, 9.17) is 14.6 Å². The second-order valence-corrected chi connectivity index (χ2v) is 9.21. The largest absolute Gasteiger partial charge is 0.490 e. The minimum Gasteiger partial charge on any atom is -0.479 e. The van der Waals surface area contributed by atoms with Gasteiger partial charge in [0.25, 0.3) is 5.78 Å². The number of aryl methyl sites for hydroxylation is 1. The molecule has 210 valence electrons. The molecular formula is C23H28F3N9O4. The molecule has 1 fully saturated rings. The van der Waals surface area contributed by atoms with Crippen LogP contribution in [0, 0.1) is 6.92 Å². The number of rotatable bonds is 3.